The molecule has 0 radical (unpaired) electrons. The van der Waals surface area contributed by atoms with Crippen molar-refractivity contribution < 1.29 is 19.8 Å². The highest BCUT2D eigenvalue weighted by Gasteiger charge is 2.48. The molecule has 1 aromatic carbocycles. The molecule has 1 atom stereocenters. The fraction of sp³-hybridized carbons (Fsp3) is 0.500. The van der Waals surface area contributed by atoms with E-state index in [4.69, 9.17) is 0 Å². The van der Waals surface area contributed by atoms with Gasteiger partial charge in [0.2, 0.25) is 0 Å². The summed E-state index contributed by atoms with van der Waals surface area (Å²) in [6.07, 6.45) is 0.475. The second-order valence-corrected chi connectivity index (χ2v) is 6.09. The molecule has 1 fully saturated rings. The van der Waals surface area contributed by atoms with Crippen LogP contribution in [0.2, 0.25) is 0 Å². The average Bonchev–Trinajstić information content (AvgIpc) is 2.84. The Kier molecular flexibility index (Phi) is 3.94. The van der Waals surface area contributed by atoms with E-state index in [-0.39, 0.29) is 24.1 Å². The number of aryl methyl sites for hydroxylation is 1. The third-order valence-corrected chi connectivity index (χ3v) is 4.56. The second kappa shape index (κ2) is 5.39. The molecule has 2 rings (SSSR count). The molecule has 21 heavy (non-hydrogen) atoms. The van der Waals surface area contributed by atoms with Crippen LogP contribution in [-0.2, 0) is 4.79 Å². The summed E-state index contributed by atoms with van der Waals surface area (Å²) >= 11 is 0. The fourth-order valence-corrected chi connectivity index (χ4v) is 2.96. The molecule has 0 saturated carbocycles. The summed E-state index contributed by atoms with van der Waals surface area (Å²) in [5.41, 5.74) is 0.343. The van der Waals surface area contributed by atoms with Gasteiger partial charge in [-0.1, -0.05) is 13.8 Å². The first-order valence-corrected chi connectivity index (χ1v) is 7.10. The summed E-state index contributed by atoms with van der Waals surface area (Å²) < 4.78 is 0. The van der Waals surface area contributed by atoms with Crippen LogP contribution in [0.3, 0.4) is 0 Å². The van der Waals surface area contributed by atoms with Gasteiger partial charge in [-0.05, 0) is 43.0 Å². The number of aromatic hydroxyl groups is 1. The number of aliphatic carboxylic acids is 1. The number of nitrogens with zero attached hydrogens (tertiary/aromatic N) is 1. The maximum Gasteiger partial charge on any atom is 0.311 e. The van der Waals surface area contributed by atoms with Crippen LogP contribution < -0.4 is 0 Å². The van der Waals surface area contributed by atoms with Gasteiger partial charge in [0.25, 0.3) is 5.91 Å². The van der Waals surface area contributed by atoms with E-state index in [1.54, 1.807) is 17.9 Å². The summed E-state index contributed by atoms with van der Waals surface area (Å²) in [7, 11) is 0. The lowest BCUT2D eigenvalue weighted by atomic mass is 9.76. The van der Waals surface area contributed by atoms with Gasteiger partial charge < -0.3 is 15.1 Å². The lowest BCUT2D eigenvalue weighted by Crippen LogP contribution is -2.40. The highest BCUT2D eigenvalue weighted by Crippen LogP contribution is 2.38. The van der Waals surface area contributed by atoms with Gasteiger partial charge in [0.05, 0.1) is 5.41 Å². The molecule has 0 aromatic heterocycles. The Morgan fingerprint density at radius 1 is 1.33 bits per heavy atom. The minimum atomic E-state index is -0.861. The molecule has 1 aromatic rings. The fourth-order valence-electron chi connectivity index (χ4n) is 2.96. The van der Waals surface area contributed by atoms with E-state index in [1.165, 1.54) is 12.1 Å². The first-order chi connectivity index (χ1) is 9.78. The van der Waals surface area contributed by atoms with E-state index in [0.29, 0.717) is 24.1 Å². The lowest BCUT2D eigenvalue weighted by Gasteiger charge is -2.28. The number of phenolic OH excluding ortho intramolecular Hbond substituents is 1. The van der Waals surface area contributed by atoms with Gasteiger partial charge in [-0.25, -0.2) is 0 Å². The molecule has 1 amide bonds. The van der Waals surface area contributed by atoms with Crippen molar-refractivity contribution in [2.45, 2.75) is 27.2 Å². The minimum absolute atomic E-state index is 0.0336. The quantitative estimate of drug-likeness (QED) is 0.895. The highest BCUT2D eigenvalue weighted by molar-refractivity contribution is 5.96. The van der Waals surface area contributed by atoms with Gasteiger partial charge in [-0.3, -0.25) is 9.59 Å². The maximum atomic E-state index is 12.6. The van der Waals surface area contributed by atoms with E-state index in [1.807, 2.05) is 13.8 Å². The zero-order chi connectivity index (χ0) is 15.8. The van der Waals surface area contributed by atoms with Gasteiger partial charge >= 0.3 is 5.97 Å². The summed E-state index contributed by atoms with van der Waals surface area (Å²) in [5.74, 6) is -0.923. The first kappa shape index (κ1) is 15.4. The molecular formula is C16H21NO4. The van der Waals surface area contributed by atoms with Crippen molar-refractivity contribution in [3.8, 4) is 5.75 Å². The largest absolute Gasteiger partial charge is 0.508 e. The Hall–Kier alpha value is -2.04. The van der Waals surface area contributed by atoms with E-state index in [2.05, 4.69) is 0 Å². The van der Waals surface area contributed by atoms with Gasteiger partial charge in [0, 0.05) is 18.7 Å². The molecule has 2 N–H and O–H groups in total. The molecule has 1 saturated heterocycles. The molecule has 114 valence electrons. The van der Waals surface area contributed by atoms with Crippen LogP contribution in [-0.4, -0.2) is 40.1 Å². The van der Waals surface area contributed by atoms with Crippen LogP contribution in [0.15, 0.2) is 18.2 Å². The van der Waals surface area contributed by atoms with Crippen molar-refractivity contribution in [3.63, 3.8) is 0 Å². The Labute approximate surface area is 124 Å². The number of hydrogen-bond acceptors (Lipinski definition) is 3. The van der Waals surface area contributed by atoms with Crippen LogP contribution >= 0.6 is 0 Å². The van der Waals surface area contributed by atoms with Crippen molar-refractivity contribution in [1.29, 1.82) is 0 Å². The molecule has 5 heteroatoms. The lowest BCUT2D eigenvalue weighted by molar-refractivity contribution is -0.150. The summed E-state index contributed by atoms with van der Waals surface area (Å²) in [4.78, 5) is 25.8. The predicted molar refractivity (Wildman–Crippen MR) is 78.3 cm³/mol. The van der Waals surface area contributed by atoms with Crippen LogP contribution in [0.4, 0.5) is 0 Å². The Morgan fingerprint density at radius 3 is 2.48 bits per heavy atom. The van der Waals surface area contributed by atoms with Crippen molar-refractivity contribution in [1.82, 2.24) is 4.90 Å². The van der Waals surface area contributed by atoms with Crippen LogP contribution in [0, 0.1) is 18.3 Å². The van der Waals surface area contributed by atoms with Crippen LogP contribution in [0.25, 0.3) is 0 Å². The van der Waals surface area contributed by atoms with Crippen LogP contribution in [0.5, 0.6) is 5.75 Å². The van der Waals surface area contributed by atoms with Gasteiger partial charge in [-0.15, -0.1) is 0 Å². The number of carbonyl (C=O) groups excluding carboxylic acids is 1. The highest BCUT2D eigenvalue weighted by atomic mass is 16.4. The normalized spacial score (nSPS) is 21.8. The second-order valence-electron chi connectivity index (χ2n) is 6.09. The molecule has 0 aliphatic carbocycles. The smallest absolute Gasteiger partial charge is 0.311 e. The minimum Gasteiger partial charge on any atom is -0.508 e. The third-order valence-electron chi connectivity index (χ3n) is 4.56. The molecule has 1 unspecified atom stereocenters. The molecule has 0 spiro atoms. The van der Waals surface area contributed by atoms with Gasteiger partial charge in [0.1, 0.15) is 5.75 Å². The molecular weight excluding hydrogens is 270 g/mol. The third kappa shape index (κ3) is 2.60. The number of rotatable bonds is 3. The topological polar surface area (TPSA) is 77.8 Å². The van der Waals surface area contributed by atoms with E-state index < -0.39 is 11.4 Å². The number of likely N-dealkylation sites (tertiary alicyclic amines) is 1. The Bertz CT molecular complexity index is 582. The number of hydrogen-bond donors (Lipinski definition) is 2. The zero-order valence-electron chi connectivity index (χ0n) is 12.6. The van der Waals surface area contributed by atoms with E-state index in [0.717, 1.165) is 0 Å². The summed E-state index contributed by atoms with van der Waals surface area (Å²) in [5, 5.41) is 18.9. The standard InChI is InChI=1S/C16H21NO4/c1-10(2)16(15(20)21)6-7-17(9-16)14(19)13-5-4-12(18)8-11(13)3/h4-5,8,10,18H,6-7,9H2,1-3H3,(H,20,21). The number of benzene rings is 1. The van der Waals surface area contributed by atoms with Crippen molar-refractivity contribution in [2.24, 2.45) is 11.3 Å². The monoisotopic (exact) mass is 291 g/mol. The Balaban J connectivity index is 2.25. The zero-order valence-corrected chi connectivity index (χ0v) is 12.6. The number of carboxylic acid groups (broad SMARTS) is 1. The van der Waals surface area contributed by atoms with Gasteiger partial charge in [-0.2, -0.15) is 0 Å². The summed E-state index contributed by atoms with van der Waals surface area (Å²) in [6, 6.07) is 4.60. The van der Waals surface area contributed by atoms with E-state index >= 15 is 0 Å². The molecule has 1 aliphatic heterocycles. The molecule has 5 nitrogen and oxygen atoms in total. The number of phenols is 1. The predicted octanol–water partition coefficient (Wildman–Crippen LogP) is 2.27. The molecule has 1 heterocycles. The number of amides is 1. The maximum absolute atomic E-state index is 12.6. The molecule has 1 aliphatic rings. The Morgan fingerprint density at radius 2 is 2.00 bits per heavy atom. The van der Waals surface area contributed by atoms with Crippen molar-refractivity contribution in [3.05, 3.63) is 29.3 Å². The summed E-state index contributed by atoms with van der Waals surface area (Å²) in [6.45, 7) is 6.21. The number of carbonyl (C=O) groups is 2. The first-order valence-electron chi connectivity index (χ1n) is 7.10. The molecule has 0 bridgehead atoms. The average molecular weight is 291 g/mol. The van der Waals surface area contributed by atoms with Crippen molar-refractivity contribution >= 4 is 11.9 Å². The van der Waals surface area contributed by atoms with E-state index in [9.17, 15) is 19.8 Å². The van der Waals surface area contributed by atoms with Gasteiger partial charge in [0.15, 0.2) is 0 Å². The number of carboxylic acids is 1. The van der Waals surface area contributed by atoms with Crippen LogP contribution in [0.1, 0.15) is 36.2 Å². The van der Waals surface area contributed by atoms with Crippen molar-refractivity contribution in [2.75, 3.05) is 13.1 Å². The SMILES string of the molecule is Cc1cc(O)ccc1C(=O)N1CCC(C(=O)O)(C(C)C)C1.